The molecule has 0 aliphatic carbocycles. The van der Waals surface area contributed by atoms with Gasteiger partial charge in [-0.15, -0.1) is 0 Å². The second-order valence-electron chi connectivity index (χ2n) is 3.99. The molecule has 1 atom stereocenters. The summed E-state index contributed by atoms with van der Waals surface area (Å²) in [7, 11) is 2.90. The molecule has 0 saturated carbocycles. The third kappa shape index (κ3) is 4.03. The monoisotopic (exact) mass is 269 g/mol. The molecule has 0 amide bonds. The van der Waals surface area contributed by atoms with Crippen LogP contribution in [-0.4, -0.2) is 37.1 Å². The number of carbonyl (C=O) groups is 2. The number of carboxylic acid groups (broad SMARTS) is 1. The minimum Gasteiger partial charge on any atom is -0.494 e. The van der Waals surface area contributed by atoms with E-state index in [0.717, 1.165) is 6.07 Å². The van der Waals surface area contributed by atoms with Crippen molar-refractivity contribution in [2.45, 2.75) is 18.9 Å². The topological polar surface area (TPSA) is 75.6 Å². The molecule has 1 aromatic carbocycles. The molecular weight excluding hydrogens is 253 g/mol. The molecule has 1 rings (SSSR count). The van der Waals surface area contributed by atoms with E-state index < -0.39 is 17.8 Å². The van der Waals surface area contributed by atoms with Crippen molar-refractivity contribution in [2.75, 3.05) is 14.2 Å². The molecule has 0 saturated heterocycles. The second-order valence-corrected chi connectivity index (χ2v) is 3.99. The van der Waals surface area contributed by atoms with Crippen molar-refractivity contribution in [3.05, 3.63) is 29.6 Å². The van der Waals surface area contributed by atoms with Crippen molar-refractivity contribution in [2.24, 2.45) is 0 Å². The van der Waals surface area contributed by atoms with Crippen molar-refractivity contribution >= 4 is 11.8 Å². The zero-order valence-electron chi connectivity index (χ0n) is 10.8. The number of aliphatic carboxylic acids is 1. The van der Waals surface area contributed by atoms with E-state index in [-0.39, 0.29) is 29.9 Å². The van der Waals surface area contributed by atoms with Crippen molar-refractivity contribution < 1.29 is 23.8 Å². The molecule has 0 fully saturated rings. The number of ketones is 1. The number of rotatable bonds is 7. The summed E-state index contributed by atoms with van der Waals surface area (Å²) in [5.41, 5.74) is 0.183. The fourth-order valence-electron chi connectivity index (χ4n) is 1.70. The van der Waals surface area contributed by atoms with Crippen molar-refractivity contribution in [3.8, 4) is 5.75 Å². The summed E-state index contributed by atoms with van der Waals surface area (Å²) < 4.78 is 18.3. The quantitative estimate of drug-likeness (QED) is 0.733. The van der Waals surface area contributed by atoms with Crippen molar-refractivity contribution in [3.63, 3.8) is 0 Å². The lowest BCUT2D eigenvalue weighted by Gasteiger charge is -2.14. The van der Waals surface area contributed by atoms with Crippen LogP contribution < -0.4 is 10.1 Å². The average Bonchev–Trinajstić information content (AvgIpc) is 2.38. The van der Waals surface area contributed by atoms with Crippen LogP contribution in [0.1, 0.15) is 23.2 Å². The highest BCUT2D eigenvalue weighted by Crippen LogP contribution is 2.19. The molecule has 0 radical (unpaired) electrons. The van der Waals surface area contributed by atoms with Gasteiger partial charge in [0.25, 0.3) is 0 Å². The number of likely N-dealkylation sites (N-methyl/N-ethyl adjacent to an activating group) is 1. The van der Waals surface area contributed by atoms with Gasteiger partial charge in [-0.1, -0.05) is 0 Å². The Morgan fingerprint density at radius 3 is 2.63 bits per heavy atom. The molecule has 2 N–H and O–H groups in total. The maximum absolute atomic E-state index is 13.5. The highest BCUT2D eigenvalue weighted by molar-refractivity contribution is 6.00. The SMILES string of the molecule is CNC(CCC(=O)O)C(=O)c1ccc(OC)c(F)c1. The van der Waals surface area contributed by atoms with Crippen LogP contribution >= 0.6 is 0 Å². The van der Waals surface area contributed by atoms with Crippen LogP contribution in [0.5, 0.6) is 5.75 Å². The van der Waals surface area contributed by atoms with E-state index in [4.69, 9.17) is 9.84 Å². The fourth-order valence-corrected chi connectivity index (χ4v) is 1.70. The first-order valence-corrected chi connectivity index (χ1v) is 5.76. The fraction of sp³-hybridized carbons (Fsp3) is 0.385. The molecule has 5 nitrogen and oxygen atoms in total. The molecule has 0 aromatic heterocycles. The third-order valence-electron chi connectivity index (χ3n) is 2.75. The molecule has 6 heteroatoms. The van der Waals surface area contributed by atoms with Gasteiger partial charge in [-0.2, -0.15) is 0 Å². The Hall–Kier alpha value is -1.95. The van der Waals surface area contributed by atoms with Gasteiger partial charge in [-0.25, -0.2) is 4.39 Å². The summed E-state index contributed by atoms with van der Waals surface area (Å²) in [6.07, 6.45) is 0.0220. The predicted octanol–water partition coefficient (Wildman–Crippen LogP) is 1.47. The summed E-state index contributed by atoms with van der Waals surface area (Å²) in [4.78, 5) is 22.6. The molecule has 19 heavy (non-hydrogen) atoms. The minimum atomic E-state index is -0.978. The number of methoxy groups -OCH3 is 1. The standard InChI is InChI=1S/C13H16FNO4/c1-15-10(4-6-12(16)17)13(18)8-3-5-11(19-2)9(14)7-8/h3,5,7,10,15H,4,6H2,1-2H3,(H,16,17). The van der Waals surface area contributed by atoms with Gasteiger partial charge in [0.05, 0.1) is 13.2 Å². The van der Waals surface area contributed by atoms with E-state index >= 15 is 0 Å². The Balaban J connectivity index is 2.85. The lowest BCUT2D eigenvalue weighted by Crippen LogP contribution is -2.34. The van der Waals surface area contributed by atoms with Gasteiger partial charge in [0.1, 0.15) is 0 Å². The van der Waals surface area contributed by atoms with E-state index in [0.29, 0.717) is 0 Å². The Morgan fingerprint density at radius 1 is 1.47 bits per heavy atom. The molecule has 104 valence electrons. The highest BCUT2D eigenvalue weighted by Gasteiger charge is 2.20. The van der Waals surface area contributed by atoms with Crippen LogP contribution in [0.2, 0.25) is 0 Å². The second kappa shape index (κ2) is 6.84. The van der Waals surface area contributed by atoms with Gasteiger partial charge >= 0.3 is 5.97 Å². The smallest absolute Gasteiger partial charge is 0.303 e. The number of hydrogen-bond acceptors (Lipinski definition) is 4. The summed E-state index contributed by atoms with van der Waals surface area (Å²) >= 11 is 0. The van der Waals surface area contributed by atoms with Crippen LogP contribution in [0.15, 0.2) is 18.2 Å². The molecule has 0 aliphatic heterocycles. The van der Waals surface area contributed by atoms with Gasteiger partial charge in [0, 0.05) is 12.0 Å². The maximum atomic E-state index is 13.5. The van der Waals surface area contributed by atoms with E-state index in [1.165, 1.54) is 19.2 Å². The predicted molar refractivity (Wildman–Crippen MR) is 67.0 cm³/mol. The number of nitrogens with one attached hydrogen (secondary N) is 1. The first-order valence-electron chi connectivity index (χ1n) is 5.76. The highest BCUT2D eigenvalue weighted by atomic mass is 19.1. The number of halogens is 1. The molecule has 1 aromatic rings. The third-order valence-corrected chi connectivity index (χ3v) is 2.75. The maximum Gasteiger partial charge on any atom is 0.303 e. The van der Waals surface area contributed by atoms with E-state index in [1.54, 1.807) is 7.05 Å². The summed E-state index contributed by atoms with van der Waals surface area (Å²) in [5.74, 6) is -1.89. The molecule has 1 unspecified atom stereocenters. The van der Waals surface area contributed by atoms with Crippen LogP contribution in [0.3, 0.4) is 0 Å². The molecule has 0 bridgehead atoms. The number of benzene rings is 1. The average molecular weight is 269 g/mol. The van der Waals surface area contributed by atoms with Crippen LogP contribution in [0.25, 0.3) is 0 Å². The minimum absolute atomic E-state index is 0.0584. The Bertz CT molecular complexity index is 476. The zero-order chi connectivity index (χ0) is 14.4. The number of ether oxygens (including phenoxy) is 1. The van der Waals surface area contributed by atoms with Crippen molar-refractivity contribution in [1.29, 1.82) is 0 Å². The lowest BCUT2D eigenvalue weighted by atomic mass is 10.00. The van der Waals surface area contributed by atoms with E-state index in [9.17, 15) is 14.0 Å². The Kier molecular flexibility index (Phi) is 5.44. The first-order chi connectivity index (χ1) is 8.99. The zero-order valence-corrected chi connectivity index (χ0v) is 10.8. The first kappa shape index (κ1) is 15.1. The van der Waals surface area contributed by atoms with E-state index in [1.807, 2.05) is 0 Å². The summed E-state index contributed by atoms with van der Waals surface area (Å²) in [6.45, 7) is 0. The van der Waals surface area contributed by atoms with Gasteiger partial charge in [-0.05, 0) is 31.7 Å². The Labute approximate surface area is 110 Å². The van der Waals surface area contributed by atoms with Crippen LogP contribution in [0.4, 0.5) is 4.39 Å². The Morgan fingerprint density at radius 2 is 2.16 bits per heavy atom. The van der Waals surface area contributed by atoms with Crippen LogP contribution in [0, 0.1) is 5.82 Å². The number of Topliss-reactive ketones (excluding diaryl/α,β-unsaturated/α-hetero) is 1. The molecule has 0 aliphatic rings. The molecular formula is C13H16FNO4. The van der Waals surface area contributed by atoms with Crippen molar-refractivity contribution in [1.82, 2.24) is 5.32 Å². The number of carbonyl (C=O) groups excluding carboxylic acids is 1. The number of carboxylic acids is 1. The van der Waals surface area contributed by atoms with Gasteiger partial charge in [-0.3, -0.25) is 9.59 Å². The lowest BCUT2D eigenvalue weighted by molar-refractivity contribution is -0.137. The number of hydrogen-bond donors (Lipinski definition) is 2. The van der Waals surface area contributed by atoms with Gasteiger partial charge in [0.15, 0.2) is 17.3 Å². The summed E-state index contributed by atoms with van der Waals surface area (Å²) in [6, 6.07) is 3.26. The largest absolute Gasteiger partial charge is 0.494 e. The van der Waals surface area contributed by atoms with E-state index in [2.05, 4.69) is 5.32 Å². The normalized spacial score (nSPS) is 11.9. The van der Waals surface area contributed by atoms with Gasteiger partial charge in [0.2, 0.25) is 0 Å². The summed E-state index contributed by atoms with van der Waals surface area (Å²) in [5, 5.41) is 11.3. The van der Waals surface area contributed by atoms with Crippen LogP contribution in [-0.2, 0) is 4.79 Å². The molecule has 0 spiro atoms. The molecule has 0 heterocycles. The van der Waals surface area contributed by atoms with Gasteiger partial charge < -0.3 is 15.2 Å².